The van der Waals surface area contributed by atoms with Crippen molar-refractivity contribution in [3.05, 3.63) is 59.7 Å². The van der Waals surface area contributed by atoms with Crippen LogP contribution in [0.25, 0.3) is 0 Å². The maximum absolute atomic E-state index is 13.1. The van der Waals surface area contributed by atoms with Crippen LogP contribution in [0.5, 0.6) is 0 Å². The highest BCUT2D eigenvalue weighted by Gasteiger charge is 2.34. The fourth-order valence-electron chi connectivity index (χ4n) is 2.53. The van der Waals surface area contributed by atoms with Crippen LogP contribution in [0.2, 0.25) is 0 Å². The number of hydrogen-bond donors (Lipinski definition) is 1. The number of benzene rings is 2. The first kappa shape index (κ1) is 16.9. The fourth-order valence-corrected chi connectivity index (χ4v) is 3.51. The van der Waals surface area contributed by atoms with Crippen molar-refractivity contribution in [2.45, 2.75) is 23.7 Å². The molecule has 2 aromatic carbocycles. The van der Waals surface area contributed by atoms with Crippen molar-refractivity contribution in [3.63, 3.8) is 0 Å². The van der Waals surface area contributed by atoms with Crippen molar-refractivity contribution in [1.29, 1.82) is 0 Å². The fraction of sp³-hybridized carbons (Fsp3) is 0.235. The van der Waals surface area contributed by atoms with E-state index in [9.17, 15) is 18.0 Å². The standard InChI is InChI=1S/C17H15F3N2OS/c18-17(19,20)12-6-7-15-14(8-12)22(16(23)13(21)10-24-15)9-11-4-2-1-3-5-11/h1-8,13H,9-10,21H2. The van der Waals surface area contributed by atoms with Crippen molar-refractivity contribution in [1.82, 2.24) is 0 Å². The molecule has 0 bridgehead atoms. The molecule has 3 nitrogen and oxygen atoms in total. The highest BCUT2D eigenvalue weighted by atomic mass is 32.2. The van der Waals surface area contributed by atoms with Gasteiger partial charge in [0.05, 0.1) is 23.8 Å². The number of anilines is 1. The summed E-state index contributed by atoms with van der Waals surface area (Å²) in [6.45, 7) is 0.183. The molecule has 0 spiro atoms. The molecule has 0 fully saturated rings. The molecule has 2 aromatic rings. The lowest BCUT2D eigenvalue weighted by atomic mass is 10.1. The zero-order valence-corrected chi connectivity index (χ0v) is 13.4. The molecule has 126 valence electrons. The van der Waals surface area contributed by atoms with Gasteiger partial charge in [-0.05, 0) is 23.8 Å². The normalized spacial score (nSPS) is 18.2. The predicted octanol–water partition coefficient (Wildman–Crippen LogP) is 3.67. The maximum Gasteiger partial charge on any atom is 0.416 e. The van der Waals surface area contributed by atoms with Gasteiger partial charge in [0.2, 0.25) is 5.91 Å². The van der Waals surface area contributed by atoms with Crippen LogP contribution in [-0.4, -0.2) is 17.7 Å². The monoisotopic (exact) mass is 352 g/mol. The van der Waals surface area contributed by atoms with Gasteiger partial charge in [-0.15, -0.1) is 11.8 Å². The first-order valence-electron chi connectivity index (χ1n) is 7.31. The third-order valence-electron chi connectivity index (χ3n) is 3.76. The lowest BCUT2D eigenvalue weighted by Gasteiger charge is -2.25. The molecule has 24 heavy (non-hydrogen) atoms. The largest absolute Gasteiger partial charge is 0.416 e. The number of alkyl halides is 3. The second kappa shape index (κ2) is 6.49. The molecule has 1 aliphatic heterocycles. The highest BCUT2D eigenvalue weighted by Crippen LogP contribution is 2.39. The summed E-state index contributed by atoms with van der Waals surface area (Å²) in [7, 11) is 0. The number of nitrogens with zero attached hydrogens (tertiary/aromatic N) is 1. The van der Waals surface area contributed by atoms with E-state index in [-0.39, 0.29) is 18.1 Å². The number of amides is 1. The molecule has 0 radical (unpaired) electrons. The minimum Gasteiger partial charge on any atom is -0.319 e. The van der Waals surface area contributed by atoms with Gasteiger partial charge in [-0.2, -0.15) is 13.2 Å². The number of carbonyl (C=O) groups is 1. The smallest absolute Gasteiger partial charge is 0.319 e. The van der Waals surface area contributed by atoms with E-state index >= 15 is 0 Å². The van der Waals surface area contributed by atoms with Crippen LogP contribution in [0, 0.1) is 0 Å². The molecule has 1 amide bonds. The Balaban J connectivity index is 2.06. The average Bonchev–Trinajstić information content (AvgIpc) is 2.67. The molecule has 0 aromatic heterocycles. The van der Waals surface area contributed by atoms with Crippen LogP contribution < -0.4 is 10.6 Å². The van der Waals surface area contributed by atoms with Crippen LogP contribution in [-0.2, 0) is 17.5 Å². The predicted molar refractivity (Wildman–Crippen MR) is 87.8 cm³/mol. The minimum absolute atomic E-state index is 0.183. The molecule has 1 unspecified atom stereocenters. The molecule has 0 aliphatic carbocycles. The van der Waals surface area contributed by atoms with E-state index in [0.717, 1.165) is 17.7 Å². The van der Waals surface area contributed by atoms with E-state index in [1.807, 2.05) is 30.3 Å². The van der Waals surface area contributed by atoms with Crippen LogP contribution in [0.4, 0.5) is 18.9 Å². The molecule has 3 rings (SSSR count). The van der Waals surface area contributed by atoms with Crippen molar-refractivity contribution in [2.75, 3.05) is 10.7 Å². The van der Waals surface area contributed by atoms with Gasteiger partial charge in [0.25, 0.3) is 0 Å². The van der Waals surface area contributed by atoms with Gasteiger partial charge in [0, 0.05) is 10.6 Å². The van der Waals surface area contributed by atoms with Crippen LogP contribution in [0.15, 0.2) is 53.4 Å². The van der Waals surface area contributed by atoms with E-state index in [0.29, 0.717) is 10.6 Å². The summed E-state index contributed by atoms with van der Waals surface area (Å²) in [5, 5.41) is 0. The molecule has 7 heteroatoms. The summed E-state index contributed by atoms with van der Waals surface area (Å²) in [5.41, 5.74) is 6.20. The van der Waals surface area contributed by atoms with Gasteiger partial charge in [0.15, 0.2) is 0 Å². The van der Waals surface area contributed by atoms with E-state index < -0.39 is 17.8 Å². The average molecular weight is 352 g/mol. The minimum atomic E-state index is -4.46. The molecule has 2 N–H and O–H groups in total. The molecular weight excluding hydrogens is 337 g/mol. The second-order valence-corrected chi connectivity index (χ2v) is 6.57. The molecule has 1 heterocycles. The zero-order chi connectivity index (χ0) is 17.3. The Morgan fingerprint density at radius 2 is 1.88 bits per heavy atom. The van der Waals surface area contributed by atoms with Gasteiger partial charge in [-0.1, -0.05) is 30.3 Å². The third-order valence-corrected chi connectivity index (χ3v) is 4.94. The van der Waals surface area contributed by atoms with Crippen LogP contribution in [0.3, 0.4) is 0 Å². The number of halogens is 3. The Morgan fingerprint density at radius 3 is 2.54 bits per heavy atom. The molecule has 1 aliphatic rings. The summed E-state index contributed by atoms with van der Waals surface area (Å²) in [4.78, 5) is 14.6. The summed E-state index contributed by atoms with van der Waals surface area (Å²) in [6.07, 6.45) is -4.46. The third kappa shape index (κ3) is 3.42. The quantitative estimate of drug-likeness (QED) is 0.897. The molecule has 0 saturated heterocycles. The number of hydrogen-bond acceptors (Lipinski definition) is 3. The Morgan fingerprint density at radius 1 is 1.17 bits per heavy atom. The Hall–Kier alpha value is -1.99. The van der Waals surface area contributed by atoms with Crippen molar-refractivity contribution in [2.24, 2.45) is 5.73 Å². The topological polar surface area (TPSA) is 46.3 Å². The summed E-state index contributed by atoms with van der Waals surface area (Å²) < 4.78 is 39.2. The van der Waals surface area contributed by atoms with Crippen LogP contribution >= 0.6 is 11.8 Å². The number of nitrogens with two attached hydrogens (primary N) is 1. The maximum atomic E-state index is 13.1. The Kier molecular flexibility index (Phi) is 4.56. The number of fused-ring (bicyclic) bond motifs is 1. The SMILES string of the molecule is NC1CSc2ccc(C(F)(F)F)cc2N(Cc2ccccc2)C1=O. The first-order valence-corrected chi connectivity index (χ1v) is 8.30. The molecular formula is C17H15F3N2OS. The van der Waals surface area contributed by atoms with Gasteiger partial charge in [-0.25, -0.2) is 0 Å². The van der Waals surface area contributed by atoms with E-state index in [1.165, 1.54) is 22.7 Å². The summed E-state index contributed by atoms with van der Waals surface area (Å²) in [6, 6.07) is 11.8. The first-order chi connectivity index (χ1) is 11.4. The van der Waals surface area contributed by atoms with Gasteiger partial charge < -0.3 is 10.6 Å². The van der Waals surface area contributed by atoms with E-state index in [4.69, 9.17) is 5.73 Å². The van der Waals surface area contributed by atoms with Crippen molar-refractivity contribution in [3.8, 4) is 0 Å². The van der Waals surface area contributed by atoms with E-state index in [1.54, 1.807) is 0 Å². The second-order valence-electron chi connectivity index (χ2n) is 5.51. The van der Waals surface area contributed by atoms with E-state index in [2.05, 4.69) is 0 Å². The summed E-state index contributed by atoms with van der Waals surface area (Å²) in [5.74, 6) is -0.0351. The van der Waals surface area contributed by atoms with Gasteiger partial charge >= 0.3 is 6.18 Å². The Labute approximate surface area is 141 Å². The van der Waals surface area contributed by atoms with Crippen molar-refractivity contribution >= 4 is 23.4 Å². The number of carbonyl (C=O) groups excluding carboxylic acids is 1. The molecule has 0 saturated carbocycles. The number of rotatable bonds is 2. The number of thioether (sulfide) groups is 1. The van der Waals surface area contributed by atoms with Gasteiger partial charge in [-0.3, -0.25) is 4.79 Å². The summed E-state index contributed by atoms with van der Waals surface area (Å²) >= 11 is 1.30. The van der Waals surface area contributed by atoms with Crippen molar-refractivity contribution < 1.29 is 18.0 Å². The highest BCUT2D eigenvalue weighted by molar-refractivity contribution is 7.99. The Bertz CT molecular complexity index is 749. The zero-order valence-electron chi connectivity index (χ0n) is 12.6. The van der Waals surface area contributed by atoms with Gasteiger partial charge in [0.1, 0.15) is 0 Å². The molecule has 1 atom stereocenters. The van der Waals surface area contributed by atoms with Crippen LogP contribution in [0.1, 0.15) is 11.1 Å². The lowest BCUT2D eigenvalue weighted by Crippen LogP contribution is -2.44. The lowest BCUT2D eigenvalue weighted by molar-refractivity contribution is -0.137.